The van der Waals surface area contributed by atoms with Crippen LogP contribution >= 0.6 is 15.9 Å². The third-order valence-electron chi connectivity index (χ3n) is 3.04. The van der Waals surface area contributed by atoms with Crippen LogP contribution in [0, 0.1) is 6.92 Å². The van der Waals surface area contributed by atoms with E-state index in [-0.39, 0.29) is 0 Å². The van der Waals surface area contributed by atoms with Crippen LogP contribution in [-0.4, -0.2) is 9.78 Å². The molecule has 0 aliphatic heterocycles. The number of hydrogen-bond donors (Lipinski definition) is 0. The number of aryl methyl sites for hydroxylation is 1. The van der Waals surface area contributed by atoms with Gasteiger partial charge in [0.15, 0.2) is 0 Å². The smallest absolute Gasteiger partial charge is 0.0797 e. The van der Waals surface area contributed by atoms with Gasteiger partial charge in [-0.25, -0.2) is 4.68 Å². The van der Waals surface area contributed by atoms with Crippen LogP contribution in [0.1, 0.15) is 5.56 Å². The third-order valence-corrected chi connectivity index (χ3v) is 3.71. The van der Waals surface area contributed by atoms with E-state index in [0.717, 1.165) is 21.4 Å². The summed E-state index contributed by atoms with van der Waals surface area (Å²) in [6.45, 7) is 2.08. The van der Waals surface area contributed by atoms with Crippen LogP contribution in [0.5, 0.6) is 0 Å². The van der Waals surface area contributed by atoms with Gasteiger partial charge < -0.3 is 0 Å². The summed E-state index contributed by atoms with van der Waals surface area (Å²) in [6, 6.07) is 18.6. The van der Waals surface area contributed by atoms with E-state index in [9.17, 15) is 0 Å². The van der Waals surface area contributed by atoms with Crippen molar-refractivity contribution >= 4 is 15.9 Å². The van der Waals surface area contributed by atoms with E-state index in [0.29, 0.717) is 0 Å². The molecule has 19 heavy (non-hydrogen) atoms. The van der Waals surface area contributed by atoms with Crippen LogP contribution in [0.2, 0.25) is 0 Å². The molecule has 0 aliphatic rings. The van der Waals surface area contributed by atoms with Gasteiger partial charge in [-0.3, -0.25) is 0 Å². The van der Waals surface area contributed by atoms with Crippen molar-refractivity contribution in [3.05, 3.63) is 70.8 Å². The van der Waals surface area contributed by atoms with Crippen molar-refractivity contribution in [3.8, 4) is 16.9 Å². The number of halogens is 1. The largest absolute Gasteiger partial charge is 0.232 e. The molecule has 0 aliphatic carbocycles. The highest BCUT2D eigenvalue weighted by molar-refractivity contribution is 9.10. The Morgan fingerprint density at radius 3 is 2.58 bits per heavy atom. The summed E-state index contributed by atoms with van der Waals surface area (Å²) in [7, 11) is 0. The summed E-state index contributed by atoms with van der Waals surface area (Å²) in [5, 5.41) is 4.45. The van der Waals surface area contributed by atoms with Gasteiger partial charge in [-0.05, 0) is 46.6 Å². The number of benzene rings is 2. The highest BCUT2D eigenvalue weighted by Crippen LogP contribution is 2.27. The minimum atomic E-state index is 1.04. The normalized spacial score (nSPS) is 10.6. The zero-order valence-corrected chi connectivity index (χ0v) is 12.1. The lowest BCUT2D eigenvalue weighted by molar-refractivity contribution is 0.882. The first-order valence-corrected chi connectivity index (χ1v) is 6.91. The molecule has 0 bridgehead atoms. The molecule has 3 heteroatoms. The lowest BCUT2D eigenvalue weighted by atomic mass is 10.1. The van der Waals surface area contributed by atoms with Gasteiger partial charge in [0.05, 0.1) is 17.6 Å². The Morgan fingerprint density at radius 1 is 1.00 bits per heavy atom. The number of hydrogen-bond acceptors (Lipinski definition) is 1. The summed E-state index contributed by atoms with van der Waals surface area (Å²) < 4.78 is 3.01. The molecule has 3 rings (SSSR count). The van der Waals surface area contributed by atoms with E-state index in [4.69, 9.17) is 0 Å². The second-order valence-electron chi connectivity index (χ2n) is 4.45. The molecule has 2 aromatic carbocycles. The maximum atomic E-state index is 4.45. The molecular formula is C16H13BrN2. The molecule has 0 spiro atoms. The van der Waals surface area contributed by atoms with Crippen molar-refractivity contribution in [2.45, 2.75) is 6.92 Å². The first-order chi connectivity index (χ1) is 9.25. The van der Waals surface area contributed by atoms with Gasteiger partial charge in [0.25, 0.3) is 0 Å². The molecule has 0 radical (unpaired) electrons. The minimum absolute atomic E-state index is 1.04. The molecule has 94 valence electrons. The van der Waals surface area contributed by atoms with Gasteiger partial charge in [0.1, 0.15) is 0 Å². The van der Waals surface area contributed by atoms with Gasteiger partial charge in [-0.1, -0.05) is 36.4 Å². The first kappa shape index (κ1) is 12.2. The molecule has 1 heterocycles. The average Bonchev–Trinajstić information content (AvgIpc) is 2.91. The van der Waals surface area contributed by atoms with E-state index in [1.54, 1.807) is 0 Å². The number of rotatable bonds is 2. The van der Waals surface area contributed by atoms with Crippen molar-refractivity contribution in [1.29, 1.82) is 0 Å². The van der Waals surface area contributed by atoms with E-state index in [1.165, 1.54) is 5.56 Å². The summed E-state index contributed by atoms with van der Waals surface area (Å²) in [6.07, 6.45) is 1.83. The van der Waals surface area contributed by atoms with Gasteiger partial charge >= 0.3 is 0 Å². The van der Waals surface area contributed by atoms with Crippen molar-refractivity contribution < 1.29 is 0 Å². The second-order valence-corrected chi connectivity index (χ2v) is 5.30. The molecule has 0 saturated heterocycles. The highest BCUT2D eigenvalue weighted by Gasteiger charge is 2.09. The van der Waals surface area contributed by atoms with Crippen LogP contribution in [0.25, 0.3) is 16.9 Å². The predicted octanol–water partition coefficient (Wildman–Crippen LogP) is 4.61. The monoisotopic (exact) mass is 312 g/mol. The van der Waals surface area contributed by atoms with Crippen LogP contribution in [0.3, 0.4) is 0 Å². The zero-order chi connectivity index (χ0) is 13.2. The van der Waals surface area contributed by atoms with Gasteiger partial charge in [-0.15, -0.1) is 0 Å². The molecule has 0 unspecified atom stereocenters. The van der Waals surface area contributed by atoms with Gasteiger partial charge in [0, 0.05) is 10.0 Å². The molecule has 0 amide bonds. The number of aromatic nitrogens is 2. The predicted molar refractivity (Wildman–Crippen MR) is 81.4 cm³/mol. The molecular weight excluding hydrogens is 300 g/mol. The van der Waals surface area contributed by atoms with Gasteiger partial charge in [-0.2, -0.15) is 5.10 Å². The van der Waals surface area contributed by atoms with Crippen LogP contribution < -0.4 is 0 Å². The molecule has 0 saturated carbocycles. The zero-order valence-electron chi connectivity index (χ0n) is 10.5. The number of nitrogens with zero attached hydrogens (tertiary/aromatic N) is 2. The van der Waals surface area contributed by atoms with E-state index >= 15 is 0 Å². The van der Waals surface area contributed by atoms with Crippen molar-refractivity contribution in [3.63, 3.8) is 0 Å². The Balaban J connectivity index is 2.18. The Hall–Kier alpha value is -1.87. The maximum Gasteiger partial charge on any atom is 0.0797 e. The van der Waals surface area contributed by atoms with E-state index in [2.05, 4.69) is 58.3 Å². The molecule has 0 fully saturated rings. The van der Waals surface area contributed by atoms with E-state index < -0.39 is 0 Å². The highest BCUT2D eigenvalue weighted by atomic mass is 79.9. The first-order valence-electron chi connectivity index (χ1n) is 6.12. The molecule has 1 aromatic heterocycles. The fraction of sp³-hybridized carbons (Fsp3) is 0.0625. The van der Waals surface area contributed by atoms with Crippen LogP contribution in [-0.2, 0) is 0 Å². The lowest BCUT2D eigenvalue weighted by Crippen LogP contribution is -2.00. The maximum absolute atomic E-state index is 4.45. The SMILES string of the molecule is Cc1ccc(Br)c(-n2nccc2-c2ccccc2)c1. The molecule has 0 atom stereocenters. The van der Waals surface area contributed by atoms with Crippen molar-refractivity contribution in [1.82, 2.24) is 9.78 Å². The Bertz CT molecular complexity index is 702. The Kier molecular flexibility index (Phi) is 3.22. The Labute approximate surface area is 120 Å². The Morgan fingerprint density at radius 2 is 1.79 bits per heavy atom. The second kappa shape index (κ2) is 5.02. The summed E-state index contributed by atoms with van der Waals surface area (Å²) in [5.41, 5.74) is 4.52. The molecule has 3 aromatic rings. The van der Waals surface area contributed by atoms with Gasteiger partial charge in [0.2, 0.25) is 0 Å². The van der Waals surface area contributed by atoms with E-state index in [1.807, 2.05) is 35.1 Å². The standard InChI is InChI=1S/C16H13BrN2/c1-12-7-8-14(17)16(11-12)19-15(9-10-18-19)13-5-3-2-4-6-13/h2-11H,1H3. The van der Waals surface area contributed by atoms with Crippen molar-refractivity contribution in [2.24, 2.45) is 0 Å². The summed E-state index contributed by atoms with van der Waals surface area (Å²) in [4.78, 5) is 0. The quantitative estimate of drug-likeness (QED) is 0.675. The fourth-order valence-corrected chi connectivity index (χ4v) is 2.52. The summed E-state index contributed by atoms with van der Waals surface area (Å²) in [5.74, 6) is 0. The minimum Gasteiger partial charge on any atom is -0.232 e. The van der Waals surface area contributed by atoms with Crippen LogP contribution in [0.15, 0.2) is 65.3 Å². The fourth-order valence-electron chi connectivity index (χ4n) is 2.11. The third kappa shape index (κ3) is 2.34. The average molecular weight is 313 g/mol. The summed E-state index contributed by atoms with van der Waals surface area (Å²) >= 11 is 3.60. The van der Waals surface area contributed by atoms with Crippen LogP contribution in [0.4, 0.5) is 0 Å². The molecule has 2 nitrogen and oxygen atoms in total. The van der Waals surface area contributed by atoms with Crippen molar-refractivity contribution in [2.75, 3.05) is 0 Å². The lowest BCUT2D eigenvalue weighted by Gasteiger charge is -2.10. The molecule has 0 N–H and O–H groups in total. The topological polar surface area (TPSA) is 17.8 Å².